The normalized spacial score (nSPS) is 19.9. The number of anilines is 1. The maximum atomic E-state index is 13.2. The number of benzene rings is 2. The van der Waals surface area contributed by atoms with Crippen molar-refractivity contribution in [2.24, 2.45) is 5.92 Å². The van der Waals surface area contributed by atoms with Gasteiger partial charge >= 0.3 is 0 Å². The van der Waals surface area contributed by atoms with Gasteiger partial charge < -0.3 is 4.90 Å². The maximum absolute atomic E-state index is 13.2. The Kier molecular flexibility index (Phi) is 5.89. The summed E-state index contributed by atoms with van der Waals surface area (Å²) in [5, 5.41) is 0.796. The van der Waals surface area contributed by atoms with Crippen LogP contribution in [0.5, 0.6) is 0 Å². The van der Waals surface area contributed by atoms with Gasteiger partial charge in [0.2, 0.25) is 15.9 Å². The third-order valence-electron chi connectivity index (χ3n) is 5.63. The van der Waals surface area contributed by atoms with Crippen LogP contribution in [-0.4, -0.2) is 38.3 Å². The van der Waals surface area contributed by atoms with E-state index in [9.17, 15) is 13.2 Å². The minimum absolute atomic E-state index is 0.0133. The number of halogens is 2. The summed E-state index contributed by atoms with van der Waals surface area (Å²) < 4.78 is 27.4. The molecule has 4 rings (SSSR count). The SMILES string of the molecule is O=C([C@@H]1CCCN(S(=O)(=O)Cc2ccc(Cl)cc2Cl)C1)N1CCc2ccccc21. The lowest BCUT2D eigenvalue weighted by molar-refractivity contribution is -0.123. The van der Waals surface area contributed by atoms with Crippen LogP contribution in [0.15, 0.2) is 42.5 Å². The van der Waals surface area contributed by atoms with Gasteiger partial charge in [0.25, 0.3) is 0 Å². The molecule has 0 spiro atoms. The fraction of sp³-hybridized carbons (Fsp3) is 0.381. The van der Waals surface area contributed by atoms with Crippen LogP contribution in [0.2, 0.25) is 10.0 Å². The van der Waals surface area contributed by atoms with E-state index >= 15 is 0 Å². The summed E-state index contributed by atoms with van der Waals surface area (Å²) in [4.78, 5) is 15.0. The molecule has 2 aromatic rings. The number of hydrogen-bond donors (Lipinski definition) is 0. The van der Waals surface area contributed by atoms with Crippen molar-refractivity contribution in [3.8, 4) is 0 Å². The van der Waals surface area contributed by atoms with Gasteiger partial charge in [-0.25, -0.2) is 12.7 Å². The molecule has 0 aromatic heterocycles. The van der Waals surface area contributed by atoms with E-state index in [0.29, 0.717) is 41.5 Å². The molecule has 0 radical (unpaired) electrons. The zero-order valence-corrected chi connectivity index (χ0v) is 18.2. The van der Waals surface area contributed by atoms with Crippen molar-refractivity contribution in [1.29, 1.82) is 0 Å². The second kappa shape index (κ2) is 8.26. The van der Waals surface area contributed by atoms with Crippen LogP contribution < -0.4 is 4.90 Å². The second-order valence-electron chi connectivity index (χ2n) is 7.56. The van der Waals surface area contributed by atoms with Crippen LogP contribution >= 0.6 is 23.2 Å². The molecule has 8 heteroatoms. The molecule has 154 valence electrons. The maximum Gasteiger partial charge on any atom is 0.231 e. The topological polar surface area (TPSA) is 57.7 Å². The van der Waals surface area contributed by atoms with Gasteiger partial charge in [0, 0.05) is 35.4 Å². The third kappa shape index (κ3) is 4.31. The summed E-state index contributed by atoms with van der Waals surface area (Å²) in [6.07, 6.45) is 2.20. The molecule has 29 heavy (non-hydrogen) atoms. The minimum atomic E-state index is -3.59. The Bertz CT molecular complexity index is 1040. The average Bonchev–Trinajstić information content (AvgIpc) is 3.14. The van der Waals surface area contributed by atoms with Gasteiger partial charge in [-0.3, -0.25) is 4.79 Å². The Morgan fingerprint density at radius 1 is 1.10 bits per heavy atom. The van der Waals surface area contributed by atoms with Crippen molar-refractivity contribution in [2.45, 2.75) is 25.0 Å². The molecular weight excluding hydrogens is 431 g/mol. The van der Waals surface area contributed by atoms with Crippen LogP contribution in [-0.2, 0) is 27.0 Å². The van der Waals surface area contributed by atoms with Gasteiger partial charge in [0.15, 0.2) is 0 Å². The molecule has 0 aliphatic carbocycles. The van der Waals surface area contributed by atoms with Crippen molar-refractivity contribution >= 4 is 44.8 Å². The molecule has 0 N–H and O–H groups in total. The zero-order chi connectivity index (χ0) is 20.6. The number of para-hydroxylation sites is 1. The first-order valence-electron chi connectivity index (χ1n) is 9.66. The lowest BCUT2D eigenvalue weighted by atomic mass is 9.98. The number of hydrogen-bond acceptors (Lipinski definition) is 3. The molecule has 1 saturated heterocycles. The highest BCUT2D eigenvalue weighted by Crippen LogP contribution is 2.32. The van der Waals surface area contributed by atoms with Crippen molar-refractivity contribution < 1.29 is 13.2 Å². The van der Waals surface area contributed by atoms with Crippen molar-refractivity contribution in [1.82, 2.24) is 4.31 Å². The molecule has 1 atom stereocenters. The van der Waals surface area contributed by atoms with E-state index in [0.717, 1.165) is 12.1 Å². The molecule has 2 aromatic carbocycles. The Labute approximate surface area is 181 Å². The number of rotatable bonds is 4. The molecule has 2 aliphatic rings. The summed E-state index contributed by atoms with van der Waals surface area (Å²) in [5.74, 6) is -0.513. The van der Waals surface area contributed by atoms with E-state index in [1.807, 2.05) is 29.2 Å². The molecule has 2 heterocycles. The smallest absolute Gasteiger partial charge is 0.231 e. The predicted octanol–water partition coefficient (Wildman–Crippen LogP) is 4.12. The van der Waals surface area contributed by atoms with Crippen LogP contribution in [0.4, 0.5) is 5.69 Å². The van der Waals surface area contributed by atoms with Crippen LogP contribution in [0.3, 0.4) is 0 Å². The van der Waals surface area contributed by atoms with Gasteiger partial charge in [-0.1, -0.05) is 47.5 Å². The van der Waals surface area contributed by atoms with Crippen molar-refractivity contribution in [3.05, 3.63) is 63.6 Å². The fourth-order valence-corrected chi connectivity index (χ4v) is 6.31. The Morgan fingerprint density at radius 2 is 1.90 bits per heavy atom. The second-order valence-corrected chi connectivity index (χ2v) is 10.4. The van der Waals surface area contributed by atoms with E-state index in [1.54, 1.807) is 18.2 Å². The average molecular weight is 453 g/mol. The summed E-state index contributed by atoms with van der Waals surface area (Å²) >= 11 is 12.1. The van der Waals surface area contributed by atoms with Crippen LogP contribution in [0.1, 0.15) is 24.0 Å². The lowest BCUT2D eigenvalue weighted by Crippen LogP contribution is -2.46. The van der Waals surface area contributed by atoms with E-state index < -0.39 is 10.0 Å². The largest absolute Gasteiger partial charge is 0.312 e. The summed E-state index contributed by atoms with van der Waals surface area (Å²) in [7, 11) is -3.59. The first-order valence-corrected chi connectivity index (χ1v) is 12.0. The number of nitrogens with zero attached hydrogens (tertiary/aromatic N) is 2. The summed E-state index contributed by atoms with van der Waals surface area (Å²) in [6, 6.07) is 12.7. The van der Waals surface area contributed by atoms with E-state index in [4.69, 9.17) is 23.2 Å². The van der Waals surface area contributed by atoms with Gasteiger partial charge in [0.05, 0.1) is 11.7 Å². The molecular formula is C21H22Cl2N2O3S. The molecule has 2 aliphatic heterocycles. The van der Waals surface area contributed by atoms with E-state index in [2.05, 4.69) is 0 Å². The number of piperidine rings is 1. The molecule has 5 nitrogen and oxygen atoms in total. The number of carbonyl (C=O) groups is 1. The van der Waals surface area contributed by atoms with Gasteiger partial charge in [0.1, 0.15) is 0 Å². The van der Waals surface area contributed by atoms with Crippen LogP contribution in [0, 0.1) is 5.92 Å². The summed E-state index contributed by atoms with van der Waals surface area (Å²) in [6.45, 7) is 1.29. The van der Waals surface area contributed by atoms with Gasteiger partial charge in [-0.15, -0.1) is 0 Å². The number of sulfonamides is 1. The molecule has 0 unspecified atom stereocenters. The predicted molar refractivity (Wildman–Crippen MR) is 116 cm³/mol. The monoisotopic (exact) mass is 452 g/mol. The highest BCUT2D eigenvalue weighted by molar-refractivity contribution is 7.88. The van der Waals surface area contributed by atoms with E-state index in [1.165, 1.54) is 9.87 Å². The zero-order valence-electron chi connectivity index (χ0n) is 15.9. The Hall–Kier alpha value is -1.60. The lowest BCUT2D eigenvalue weighted by Gasteiger charge is -2.33. The fourth-order valence-electron chi connectivity index (χ4n) is 4.11. The standard InChI is InChI=1S/C21H22Cl2N2O3S/c22-18-8-7-17(19(23)12-18)14-29(27,28)24-10-3-5-16(13-24)21(26)25-11-9-15-4-1-2-6-20(15)25/h1-2,4,6-8,12,16H,3,5,9-11,13-14H2/t16-/m1/s1. The van der Waals surface area contributed by atoms with Gasteiger partial charge in [-0.05, 0) is 48.6 Å². The Morgan fingerprint density at radius 3 is 2.69 bits per heavy atom. The number of carbonyl (C=O) groups excluding carboxylic acids is 1. The van der Waals surface area contributed by atoms with Gasteiger partial charge in [-0.2, -0.15) is 0 Å². The third-order valence-corrected chi connectivity index (χ3v) is 8.01. The minimum Gasteiger partial charge on any atom is -0.312 e. The van der Waals surface area contributed by atoms with Crippen molar-refractivity contribution in [3.63, 3.8) is 0 Å². The van der Waals surface area contributed by atoms with E-state index in [-0.39, 0.29) is 24.1 Å². The number of amides is 1. The first kappa shape index (κ1) is 20.7. The summed E-state index contributed by atoms with van der Waals surface area (Å²) in [5.41, 5.74) is 2.63. The highest BCUT2D eigenvalue weighted by atomic mass is 35.5. The van der Waals surface area contributed by atoms with Crippen LogP contribution in [0.25, 0.3) is 0 Å². The molecule has 0 bridgehead atoms. The quantitative estimate of drug-likeness (QED) is 0.700. The highest BCUT2D eigenvalue weighted by Gasteiger charge is 2.36. The number of fused-ring (bicyclic) bond motifs is 1. The van der Waals surface area contributed by atoms with Crippen molar-refractivity contribution in [2.75, 3.05) is 24.5 Å². The Balaban J connectivity index is 1.48. The molecule has 1 fully saturated rings. The first-order chi connectivity index (χ1) is 13.8. The molecule has 0 saturated carbocycles. The molecule has 1 amide bonds.